The molecule has 0 aliphatic carbocycles. The molecule has 122 valence electrons. The number of hydrogen-bond donors (Lipinski definition) is 1. The Morgan fingerprint density at radius 2 is 1.91 bits per heavy atom. The minimum atomic E-state index is -2.76. The first-order valence-corrected chi connectivity index (χ1v) is 9.77. The molecule has 1 N–H and O–H groups in total. The van der Waals surface area contributed by atoms with Gasteiger partial charge in [-0.05, 0) is 36.6 Å². The van der Waals surface area contributed by atoms with Gasteiger partial charge < -0.3 is 15.0 Å². The Kier molecular flexibility index (Phi) is 5.00. The summed E-state index contributed by atoms with van der Waals surface area (Å²) in [5.41, 5.74) is 2.48. The number of rotatable bonds is 5. The summed E-state index contributed by atoms with van der Waals surface area (Å²) in [5, 5.41) is 3.38. The topological polar surface area (TPSA) is 58.6 Å². The van der Waals surface area contributed by atoms with E-state index in [0.29, 0.717) is 11.5 Å². The summed E-state index contributed by atoms with van der Waals surface area (Å²) >= 11 is 0. The molecule has 0 bridgehead atoms. The van der Waals surface area contributed by atoms with Crippen molar-refractivity contribution in [2.75, 3.05) is 49.3 Å². The third kappa shape index (κ3) is 4.21. The average molecular weight is 324 g/mol. The lowest BCUT2D eigenvalue weighted by atomic mass is 10.1. The van der Waals surface area contributed by atoms with Crippen LogP contribution in [0.3, 0.4) is 0 Å². The van der Waals surface area contributed by atoms with E-state index in [0.717, 1.165) is 45.8 Å². The predicted molar refractivity (Wildman–Crippen MR) is 87.9 cm³/mol. The van der Waals surface area contributed by atoms with Gasteiger partial charge in [-0.2, -0.15) is 0 Å². The summed E-state index contributed by atoms with van der Waals surface area (Å²) in [5.74, 6) is 0.974. The summed E-state index contributed by atoms with van der Waals surface area (Å²) in [4.78, 5) is 2.34. The summed E-state index contributed by atoms with van der Waals surface area (Å²) in [7, 11) is -2.76. The first-order chi connectivity index (χ1) is 10.6. The van der Waals surface area contributed by atoms with Crippen molar-refractivity contribution in [2.45, 2.75) is 13.0 Å². The summed E-state index contributed by atoms with van der Waals surface area (Å²) in [6.07, 6.45) is 0.797. The second-order valence-corrected chi connectivity index (χ2v) is 8.39. The number of sulfone groups is 1. The number of morpholine rings is 1. The fourth-order valence-electron chi connectivity index (χ4n) is 3.10. The van der Waals surface area contributed by atoms with E-state index in [1.807, 2.05) is 0 Å². The third-order valence-corrected chi connectivity index (χ3v) is 6.24. The van der Waals surface area contributed by atoms with Crippen LogP contribution >= 0.6 is 0 Å². The molecule has 0 spiro atoms. The molecule has 5 nitrogen and oxygen atoms in total. The van der Waals surface area contributed by atoms with Gasteiger partial charge in [0.05, 0.1) is 24.7 Å². The molecule has 2 saturated heterocycles. The Bertz CT molecular complexity index is 580. The molecule has 1 atom stereocenters. The van der Waals surface area contributed by atoms with Crippen LogP contribution in [0.25, 0.3) is 0 Å². The van der Waals surface area contributed by atoms with Crippen LogP contribution in [-0.4, -0.2) is 52.8 Å². The number of nitrogens with zero attached hydrogens (tertiary/aromatic N) is 1. The van der Waals surface area contributed by atoms with Crippen LogP contribution in [-0.2, 0) is 21.1 Å². The number of ether oxygens (including phenoxy) is 1. The number of nitrogens with one attached hydrogen (secondary N) is 1. The van der Waals surface area contributed by atoms with Crippen molar-refractivity contribution in [3.05, 3.63) is 29.8 Å². The zero-order chi connectivity index (χ0) is 15.4. The Morgan fingerprint density at radius 3 is 2.55 bits per heavy atom. The van der Waals surface area contributed by atoms with Gasteiger partial charge in [0.15, 0.2) is 9.84 Å². The quantitative estimate of drug-likeness (QED) is 0.877. The van der Waals surface area contributed by atoms with E-state index in [4.69, 9.17) is 4.74 Å². The average Bonchev–Trinajstić information content (AvgIpc) is 2.88. The summed E-state index contributed by atoms with van der Waals surface area (Å²) < 4.78 is 28.2. The van der Waals surface area contributed by atoms with Crippen molar-refractivity contribution in [1.82, 2.24) is 5.32 Å². The monoisotopic (exact) mass is 324 g/mol. The van der Waals surface area contributed by atoms with E-state index in [-0.39, 0.29) is 5.92 Å². The van der Waals surface area contributed by atoms with Gasteiger partial charge in [-0.15, -0.1) is 0 Å². The molecule has 3 rings (SSSR count). The van der Waals surface area contributed by atoms with Crippen LogP contribution in [0.5, 0.6) is 0 Å². The largest absolute Gasteiger partial charge is 0.378 e. The summed E-state index contributed by atoms with van der Waals surface area (Å²) in [6, 6.07) is 8.59. The molecule has 1 unspecified atom stereocenters. The highest BCUT2D eigenvalue weighted by Gasteiger charge is 2.27. The Balaban J connectivity index is 1.45. The van der Waals surface area contributed by atoms with Crippen LogP contribution < -0.4 is 10.2 Å². The molecule has 0 amide bonds. The molecule has 2 fully saturated rings. The van der Waals surface area contributed by atoms with E-state index < -0.39 is 9.84 Å². The number of benzene rings is 1. The maximum atomic E-state index is 11.4. The van der Waals surface area contributed by atoms with Gasteiger partial charge in [-0.1, -0.05) is 12.1 Å². The predicted octanol–water partition coefficient (Wildman–Crippen LogP) is 1.05. The van der Waals surface area contributed by atoms with Gasteiger partial charge in [0.2, 0.25) is 0 Å². The Labute approximate surface area is 132 Å². The minimum absolute atomic E-state index is 0.276. The first-order valence-electron chi connectivity index (χ1n) is 7.95. The van der Waals surface area contributed by atoms with Crippen molar-refractivity contribution in [3.63, 3.8) is 0 Å². The zero-order valence-electron chi connectivity index (χ0n) is 12.8. The molecule has 22 heavy (non-hydrogen) atoms. The lowest BCUT2D eigenvalue weighted by Crippen LogP contribution is -2.36. The first kappa shape index (κ1) is 15.8. The van der Waals surface area contributed by atoms with Crippen molar-refractivity contribution < 1.29 is 13.2 Å². The molecular weight excluding hydrogens is 300 g/mol. The highest BCUT2D eigenvalue weighted by Crippen LogP contribution is 2.18. The number of anilines is 1. The van der Waals surface area contributed by atoms with Crippen LogP contribution in [0, 0.1) is 5.92 Å². The van der Waals surface area contributed by atoms with E-state index in [1.165, 1.54) is 11.3 Å². The van der Waals surface area contributed by atoms with E-state index in [9.17, 15) is 8.42 Å². The molecule has 1 aromatic carbocycles. The van der Waals surface area contributed by atoms with Gasteiger partial charge in [0.1, 0.15) is 0 Å². The second kappa shape index (κ2) is 6.98. The fraction of sp³-hybridized carbons (Fsp3) is 0.625. The molecule has 2 aliphatic heterocycles. The second-order valence-electron chi connectivity index (χ2n) is 6.17. The maximum absolute atomic E-state index is 11.4. The van der Waals surface area contributed by atoms with E-state index >= 15 is 0 Å². The highest BCUT2D eigenvalue weighted by atomic mass is 32.2. The molecule has 2 aliphatic rings. The molecule has 0 radical (unpaired) electrons. The molecule has 1 aromatic rings. The Hall–Kier alpha value is -1.11. The van der Waals surface area contributed by atoms with E-state index in [2.05, 4.69) is 34.5 Å². The third-order valence-electron chi connectivity index (χ3n) is 4.40. The minimum Gasteiger partial charge on any atom is -0.378 e. The molecule has 0 saturated carbocycles. The molecular formula is C16H24N2O3S. The van der Waals surface area contributed by atoms with Crippen LogP contribution in [0.15, 0.2) is 24.3 Å². The van der Waals surface area contributed by atoms with Gasteiger partial charge >= 0.3 is 0 Å². The Morgan fingerprint density at radius 1 is 1.18 bits per heavy atom. The zero-order valence-corrected chi connectivity index (χ0v) is 13.6. The lowest BCUT2D eigenvalue weighted by Gasteiger charge is -2.28. The molecule has 0 aromatic heterocycles. The molecule has 2 heterocycles. The number of hydrogen-bond acceptors (Lipinski definition) is 5. The highest BCUT2D eigenvalue weighted by molar-refractivity contribution is 7.91. The van der Waals surface area contributed by atoms with E-state index in [1.54, 1.807) is 0 Å². The van der Waals surface area contributed by atoms with Crippen LogP contribution in [0.1, 0.15) is 12.0 Å². The van der Waals surface area contributed by atoms with Gasteiger partial charge in [0.25, 0.3) is 0 Å². The maximum Gasteiger partial charge on any atom is 0.150 e. The van der Waals surface area contributed by atoms with Crippen molar-refractivity contribution in [1.29, 1.82) is 0 Å². The fourth-order valence-corrected chi connectivity index (χ4v) is 4.96. The van der Waals surface area contributed by atoms with Gasteiger partial charge in [0, 0.05) is 25.3 Å². The smallest absolute Gasteiger partial charge is 0.150 e. The van der Waals surface area contributed by atoms with Gasteiger partial charge in [-0.3, -0.25) is 0 Å². The normalized spacial score (nSPS) is 24.5. The molecule has 6 heteroatoms. The standard InChI is InChI=1S/C16H24N2O3S/c19-22(20)10-5-15(13-22)12-17-11-14-1-3-16(4-2-14)18-6-8-21-9-7-18/h1-4,15,17H,5-13H2. The lowest BCUT2D eigenvalue weighted by molar-refractivity contribution is 0.122. The summed E-state index contributed by atoms with van der Waals surface area (Å²) in [6.45, 7) is 5.08. The van der Waals surface area contributed by atoms with Crippen molar-refractivity contribution >= 4 is 15.5 Å². The van der Waals surface area contributed by atoms with Crippen LogP contribution in [0.2, 0.25) is 0 Å². The van der Waals surface area contributed by atoms with Crippen LogP contribution in [0.4, 0.5) is 5.69 Å². The van der Waals surface area contributed by atoms with Crippen molar-refractivity contribution in [3.8, 4) is 0 Å². The SMILES string of the molecule is O=S1(=O)CCC(CNCc2ccc(N3CCOCC3)cc2)C1. The van der Waals surface area contributed by atoms with Gasteiger partial charge in [-0.25, -0.2) is 8.42 Å². The van der Waals surface area contributed by atoms with Crippen molar-refractivity contribution in [2.24, 2.45) is 5.92 Å².